The van der Waals surface area contributed by atoms with Crippen molar-refractivity contribution in [3.8, 4) is 5.75 Å². The Labute approximate surface area is 115 Å². The Bertz CT molecular complexity index is 519. The van der Waals surface area contributed by atoms with Gasteiger partial charge in [0.25, 0.3) is 0 Å². The molecule has 0 amide bonds. The quantitative estimate of drug-likeness (QED) is 0.885. The van der Waals surface area contributed by atoms with E-state index in [1.54, 1.807) is 7.11 Å². The number of nitrogens with two attached hydrogens (primary N) is 1. The second-order valence-electron chi connectivity index (χ2n) is 4.91. The molecule has 100 valence electrons. The van der Waals surface area contributed by atoms with Crippen molar-refractivity contribution in [2.45, 2.75) is 25.8 Å². The van der Waals surface area contributed by atoms with E-state index in [9.17, 15) is 0 Å². The molecule has 0 aromatic heterocycles. The molecule has 1 atom stereocenters. The molecule has 0 spiro atoms. The predicted molar refractivity (Wildman–Crippen MR) is 79.4 cm³/mol. The predicted octanol–water partition coefficient (Wildman–Crippen LogP) is 3.64. The fourth-order valence-corrected chi connectivity index (χ4v) is 2.21. The van der Waals surface area contributed by atoms with Crippen molar-refractivity contribution in [3.63, 3.8) is 0 Å². The molecule has 0 aliphatic heterocycles. The maximum atomic E-state index is 6.23. The van der Waals surface area contributed by atoms with Crippen LogP contribution in [0.1, 0.15) is 29.2 Å². The smallest absolute Gasteiger partial charge is 0.118 e. The van der Waals surface area contributed by atoms with E-state index in [0.29, 0.717) is 0 Å². The minimum Gasteiger partial charge on any atom is -0.497 e. The van der Waals surface area contributed by atoms with Gasteiger partial charge in [-0.05, 0) is 43.0 Å². The fourth-order valence-electron chi connectivity index (χ4n) is 2.21. The Balaban J connectivity index is 1.95. The molecular weight excluding hydrogens is 234 g/mol. The lowest BCUT2D eigenvalue weighted by atomic mass is 9.99. The summed E-state index contributed by atoms with van der Waals surface area (Å²) in [7, 11) is 1.67. The third-order valence-corrected chi connectivity index (χ3v) is 3.37. The largest absolute Gasteiger partial charge is 0.497 e. The zero-order chi connectivity index (χ0) is 13.7. The highest BCUT2D eigenvalue weighted by Crippen LogP contribution is 2.20. The third kappa shape index (κ3) is 3.83. The van der Waals surface area contributed by atoms with Crippen molar-refractivity contribution in [1.82, 2.24) is 0 Å². The van der Waals surface area contributed by atoms with Crippen LogP contribution in [0.25, 0.3) is 0 Å². The molecule has 19 heavy (non-hydrogen) atoms. The number of aryl methyl sites for hydroxylation is 2. The molecule has 2 N–H and O–H groups in total. The molecule has 0 aliphatic rings. The van der Waals surface area contributed by atoms with E-state index in [4.69, 9.17) is 10.5 Å². The van der Waals surface area contributed by atoms with Gasteiger partial charge in [-0.25, -0.2) is 0 Å². The Morgan fingerprint density at radius 3 is 2.47 bits per heavy atom. The first kappa shape index (κ1) is 13.6. The zero-order valence-corrected chi connectivity index (χ0v) is 11.6. The highest BCUT2D eigenvalue weighted by atomic mass is 16.5. The van der Waals surface area contributed by atoms with Gasteiger partial charge >= 0.3 is 0 Å². The summed E-state index contributed by atoms with van der Waals surface area (Å²) in [6.07, 6.45) is 1.96. The van der Waals surface area contributed by atoms with Gasteiger partial charge in [-0.15, -0.1) is 0 Å². The van der Waals surface area contributed by atoms with Crippen LogP contribution in [0.15, 0.2) is 48.5 Å². The van der Waals surface area contributed by atoms with Crippen LogP contribution in [-0.4, -0.2) is 7.11 Å². The van der Waals surface area contributed by atoms with Gasteiger partial charge in [-0.2, -0.15) is 0 Å². The lowest BCUT2D eigenvalue weighted by molar-refractivity contribution is 0.414. The molecule has 0 saturated carbocycles. The number of benzene rings is 2. The first-order valence-electron chi connectivity index (χ1n) is 6.64. The number of hydrogen-bond acceptors (Lipinski definition) is 2. The van der Waals surface area contributed by atoms with Crippen molar-refractivity contribution >= 4 is 0 Å². The Hall–Kier alpha value is -1.80. The molecule has 0 saturated heterocycles. The minimum absolute atomic E-state index is 0.0754. The third-order valence-electron chi connectivity index (χ3n) is 3.37. The molecule has 0 bridgehead atoms. The first-order chi connectivity index (χ1) is 9.19. The van der Waals surface area contributed by atoms with Crippen LogP contribution in [0.5, 0.6) is 5.75 Å². The molecule has 2 rings (SSSR count). The van der Waals surface area contributed by atoms with Crippen molar-refractivity contribution in [2.75, 3.05) is 7.11 Å². The van der Waals surface area contributed by atoms with Gasteiger partial charge in [0.05, 0.1) is 7.11 Å². The van der Waals surface area contributed by atoms with E-state index < -0.39 is 0 Å². The molecule has 0 heterocycles. The van der Waals surface area contributed by atoms with Gasteiger partial charge in [-0.3, -0.25) is 0 Å². The maximum Gasteiger partial charge on any atom is 0.118 e. The van der Waals surface area contributed by atoms with Crippen LogP contribution in [0.2, 0.25) is 0 Å². The molecule has 0 aliphatic carbocycles. The van der Waals surface area contributed by atoms with E-state index in [2.05, 4.69) is 31.2 Å². The summed E-state index contributed by atoms with van der Waals surface area (Å²) in [6.45, 7) is 2.12. The maximum absolute atomic E-state index is 6.23. The summed E-state index contributed by atoms with van der Waals surface area (Å²) in [6, 6.07) is 16.7. The van der Waals surface area contributed by atoms with Gasteiger partial charge in [0, 0.05) is 6.04 Å². The van der Waals surface area contributed by atoms with Crippen LogP contribution >= 0.6 is 0 Å². The van der Waals surface area contributed by atoms with Crippen molar-refractivity contribution < 1.29 is 4.74 Å². The summed E-state index contributed by atoms with van der Waals surface area (Å²) in [5, 5.41) is 0. The molecule has 0 fully saturated rings. The number of rotatable bonds is 5. The lowest BCUT2D eigenvalue weighted by Gasteiger charge is -2.13. The van der Waals surface area contributed by atoms with E-state index in [0.717, 1.165) is 24.2 Å². The minimum atomic E-state index is 0.0754. The van der Waals surface area contributed by atoms with E-state index in [1.165, 1.54) is 11.1 Å². The number of ether oxygens (including phenoxy) is 1. The number of methoxy groups -OCH3 is 1. The average Bonchev–Trinajstić information content (AvgIpc) is 2.45. The molecule has 2 aromatic carbocycles. The summed E-state index contributed by atoms with van der Waals surface area (Å²) in [5.74, 6) is 0.870. The Morgan fingerprint density at radius 1 is 1.11 bits per heavy atom. The molecule has 0 radical (unpaired) electrons. The summed E-state index contributed by atoms with van der Waals surface area (Å²) in [4.78, 5) is 0. The summed E-state index contributed by atoms with van der Waals surface area (Å²) < 4.78 is 5.15. The first-order valence-corrected chi connectivity index (χ1v) is 6.64. The number of hydrogen-bond donors (Lipinski definition) is 1. The summed E-state index contributed by atoms with van der Waals surface area (Å²) in [5.41, 5.74) is 10.0. The van der Waals surface area contributed by atoms with Gasteiger partial charge in [-0.1, -0.05) is 42.0 Å². The lowest BCUT2D eigenvalue weighted by Crippen LogP contribution is -2.11. The fraction of sp³-hybridized carbons (Fsp3) is 0.294. The SMILES string of the molecule is COc1ccc(C(N)CCc2cccc(C)c2)cc1. The van der Waals surface area contributed by atoms with Gasteiger partial charge in [0.2, 0.25) is 0 Å². The van der Waals surface area contributed by atoms with E-state index >= 15 is 0 Å². The second-order valence-corrected chi connectivity index (χ2v) is 4.91. The summed E-state index contributed by atoms with van der Waals surface area (Å²) >= 11 is 0. The van der Waals surface area contributed by atoms with Crippen LogP contribution in [0.3, 0.4) is 0 Å². The average molecular weight is 255 g/mol. The van der Waals surface area contributed by atoms with Crippen LogP contribution in [0, 0.1) is 6.92 Å². The zero-order valence-electron chi connectivity index (χ0n) is 11.6. The van der Waals surface area contributed by atoms with Crippen molar-refractivity contribution in [1.29, 1.82) is 0 Å². The van der Waals surface area contributed by atoms with Crippen molar-refractivity contribution in [2.24, 2.45) is 5.73 Å². The highest BCUT2D eigenvalue weighted by Gasteiger charge is 2.06. The standard InChI is InChI=1S/C17H21NO/c1-13-4-3-5-14(12-13)6-11-17(18)15-7-9-16(19-2)10-8-15/h3-5,7-10,12,17H,6,11,18H2,1-2H3. The topological polar surface area (TPSA) is 35.2 Å². The molecule has 1 unspecified atom stereocenters. The van der Waals surface area contributed by atoms with Gasteiger partial charge < -0.3 is 10.5 Å². The molecular formula is C17H21NO. The molecule has 2 aromatic rings. The Kier molecular flexibility index (Phi) is 4.58. The van der Waals surface area contributed by atoms with Gasteiger partial charge in [0.15, 0.2) is 0 Å². The van der Waals surface area contributed by atoms with Crippen LogP contribution in [0.4, 0.5) is 0 Å². The van der Waals surface area contributed by atoms with Crippen LogP contribution < -0.4 is 10.5 Å². The molecule has 2 nitrogen and oxygen atoms in total. The normalized spacial score (nSPS) is 12.2. The van der Waals surface area contributed by atoms with Crippen LogP contribution in [-0.2, 0) is 6.42 Å². The van der Waals surface area contributed by atoms with Crippen molar-refractivity contribution in [3.05, 3.63) is 65.2 Å². The van der Waals surface area contributed by atoms with Gasteiger partial charge in [0.1, 0.15) is 5.75 Å². The second kappa shape index (κ2) is 6.39. The van der Waals surface area contributed by atoms with E-state index in [1.807, 2.05) is 24.3 Å². The monoisotopic (exact) mass is 255 g/mol. The molecule has 2 heteroatoms. The Morgan fingerprint density at radius 2 is 1.84 bits per heavy atom. The van der Waals surface area contributed by atoms with E-state index in [-0.39, 0.29) is 6.04 Å². The highest BCUT2D eigenvalue weighted by molar-refractivity contribution is 5.29.